The highest BCUT2D eigenvalue weighted by atomic mass is 16.3. The summed E-state index contributed by atoms with van der Waals surface area (Å²) in [7, 11) is 0. The van der Waals surface area contributed by atoms with Gasteiger partial charge in [0, 0.05) is 6.20 Å². The summed E-state index contributed by atoms with van der Waals surface area (Å²) in [5.74, 6) is 0. The van der Waals surface area contributed by atoms with Gasteiger partial charge < -0.3 is 5.11 Å². The van der Waals surface area contributed by atoms with Crippen LogP contribution in [0, 0.1) is 6.92 Å². The maximum atomic E-state index is 8.60. The number of aryl methyl sites for hydroxylation is 1. The molecule has 1 heterocycles. The molecule has 10 heavy (non-hydrogen) atoms. The average molecular weight is 139 g/mol. The third kappa shape index (κ3) is 2.15. The van der Waals surface area contributed by atoms with Gasteiger partial charge in [-0.05, 0) is 24.6 Å². The fourth-order valence-corrected chi connectivity index (χ4v) is 0.685. The van der Waals surface area contributed by atoms with Crippen molar-refractivity contribution < 1.29 is 5.11 Å². The van der Waals surface area contributed by atoms with Gasteiger partial charge in [0.1, 0.15) is 0 Å². The van der Waals surface area contributed by atoms with Gasteiger partial charge in [0.15, 0.2) is 0 Å². The predicted octanol–water partition coefficient (Wildman–Crippen LogP) is 1.52. The molecule has 0 aliphatic heterocycles. The number of hydrogen-bond acceptors (Lipinski definition) is 2. The van der Waals surface area contributed by atoms with Crippen molar-refractivity contribution in [3.05, 3.63) is 29.6 Å². The summed E-state index contributed by atoms with van der Waals surface area (Å²) in [5.41, 5.74) is 1.86. The second-order valence-corrected chi connectivity index (χ2v) is 1.98. The zero-order valence-corrected chi connectivity index (χ0v) is 5.33. The highest BCUT2D eigenvalue weighted by molar-refractivity contribution is 5.13. The number of nitrogens with zero attached hydrogens (tertiary/aromatic N) is 1. The second kappa shape index (κ2) is 4.01. The summed E-state index contributed by atoms with van der Waals surface area (Å²) in [6.07, 6.45) is 1.70. The molecule has 0 saturated heterocycles. The average Bonchev–Trinajstić information content (AvgIpc) is 1.88. The van der Waals surface area contributed by atoms with Crippen LogP contribution in [0.15, 0.2) is 18.3 Å². The SMILES string of the molecule is C.Cc1ccnc(CO)c1. The molecule has 0 spiro atoms. The highest BCUT2D eigenvalue weighted by Gasteiger charge is 1.88. The highest BCUT2D eigenvalue weighted by Crippen LogP contribution is 1.98. The third-order valence-corrected chi connectivity index (χ3v) is 1.13. The van der Waals surface area contributed by atoms with Gasteiger partial charge in [-0.2, -0.15) is 0 Å². The van der Waals surface area contributed by atoms with E-state index in [0.717, 1.165) is 11.3 Å². The molecule has 1 aromatic heterocycles. The standard InChI is InChI=1S/C7H9NO.CH4/c1-6-2-3-8-7(4-6)5-9;/h2-4,9H,5H2,1H3;1H4. The second-order valence-electron chi connectivity index (χ2n) is 1.98. The summed E-state index contributed by atoms with van der Waals surface area (Å²) < 4.78 is 0. The van der Waals surface area contributed by atoms with Crippen LogP contribution in [0.2, 0.25) is 0 Å². The topological polar surface area (TPSA) is 33.1 Å². The van der Waals surface area contributed by atoms with E-state index >= 15 is 0 Å². The molecule has 0 aromatic carbocycles. The van der Waals surface area contributed by atoms with E-state index in [-0.39, 0.29) is 14.0 Å². The van der Waals surface area contributed by atoms with Crippen molar-refractivity contribution in [2.75, 3.05) is 0 Å². The van der Waals surface area contributed by atoms with E-state index in [9.17, 15) is 0 Å². The number of hydrogen-bond donors (Lipinski definition) is 1. The van der Waals surface area contributed by atoms with Gasteiger partial charge in [0.25, 0.3) is 0 Å². The van der Waals surface area contributed by atoms with Crippen molar-refractivity contribution in [3.63, 3.8) is 0 Å². The molecule has 0 aliphatic rings. The molecule has 0 fully saturated rings. The monoisotopic (exact) mass is 139 g/mol. The van der Waals surface area contributed by atoms with Crippen molar-refractivity contribution in [1.82, 2.24) is 4.98 Å². The number of aromatic nitrogens is 1. The van der Waals surface area contributed by atoms with Crippen LogP contribution >= 0.6 is 0 Å². The molecule has 0 unspecified atom stereocenters. The minimum absolute atomic E-state index is 0. The summed E-state index contributed by atoms with van der Waals surface area (Å²) in [6, 6.07) is 3.76. The molecule has 0 amide bonds. The Morgan fingerprint density at radius 3 is 2.70 bits per heavy atom. The van der Waals surface area contributed by atoms with E-state index in [1.165, 1.54) is 0 Å². The first-order chi connectivity index (χ1) is 4.33. The molecular formula is C8H13NO. The van der Waals surface area contributed by atoms with E-state index in [4.69, 9.17) is 5.11 Å². The predicted molar refractivity (Wildman–Crippen MR) is 41.6 cm³/mol. The van der Waals surface area contributed by atoms with E-state index < -0.39 is 0 Å². The molecule has 1 rings (SSSR count). The summed E-state index contributed by atoms with van der Waals surface area (Å²) in [5, 5.41) is 8.60. The number of aliphatic hydroxyl groups is 1. The Morgan fingerprint density at radius 1 is 1.60 bits per heavy atom. The van der Waals surface area contributed by atoms with Crippen LogP contribution in [-0.2, 0) is 6.61 Å². The molecule has 1 N–H and O–H groups in total. The summed E-state index contributed by atoms with van der Waals surface area (Å²) >= 11 is 0. The maximum absolute atomic E-state index is 8.60. The lowest BCUT2D eigenvalue weighted by molar-refractivity contribution is 0.277. The zero-order chi connectivity index (χ0) is 6.69. The molecule has 0 radical (unpaired) electrons. The molecule has 0 aliphatic carbocycles. The quantitative estimate of drug-likeness (QED) is 0.640. The summed E-state index contributed by atoms with van der Waals surface area (Å²) in [4.78, 5) is 3.91. The van der Waals surface area contributed by atoms with Gasteiger partial charge in [-0.25, -0.2) is 0 Å². The van der Waals surface area contributed by atoms with Gasteiger partial charge in [-0.1, -0.05) is 7.43 Å². The Labute approximate surface area is 61.5 Å². The van der Waals surface area contributed by atoms with Gasteiger partial charge in [-0.15, -0.1) is 0 Å². The van der Waals surface area contributed by atoms with Gasteiger partial charge in [-0.3, -0.25) is 4.98 Å². The molecule has 56 valence electrons. The van der Waals surface area contributed by atoms with Gasteiger partial charge >= 0.3 is 0 Å². The fraction of sp³-hybridized carbons (Fsp3) is 0.375. The molecule has 2 nitrogen and oxygen atoms in total. The minimum Gasteiger partial charge on any atom is -0.390 e. The smallest absolute Gasteiger partial charge is 0.0853 e. The van der Waals surface area contributed by atoms with Gasteiger partial charge in [0.2, 0.25) is 0 Å². The first-order valence-corrected chi connectivity index (χ1v) is 2.85. The van der Waals surface area contributed by atoms with E-state index in [1.807, 2.05) is 19.1 Å². The number of pyridine rings is 1. The van der Waals surface area contributed by atoms with Crippen LogP contribution in [-0.4, -0.2) is 10.1 Å². The van der Waals surface area contributed by atoms with E-state index in [2.05, 4.69) is 4.98 Å². The first-order valence-electron chi connectivity index (χ1n) is 2.85. The molecule has 0 saturated carbocycles. The maximum Gasteiger partial charge on any atom is 0.0853 e. The molecular weight excluding hydrogens is 126 g/mol. The van der Waals surface area contributed by atoms with Crippen molar-refractivity contribution in [3.8, 4) is 0 Å². The lowest BCUT2D eigenvalue weighted by Crippen LogP contribution is -1.87. The molecule has 0 bridgehead atoms. The van der Waals surface area contributed by atoms with Crippen LogP contribution in [0.25, 0.3) is 0 Å². The Hall–Kier alpha value is -0.890. The van der Waals surface area contributed by atoms with Gasteiger partial charge in [0.05, 0.1) is 12.3 Å². The zero-order valence-electron chi connectivity index (χ0n) is 5.33. The van der Waals surface area contributed by atoms with Crippen LogP contribution in [0.3, 0.4) is 0 Å². The van der Waals surface area contributed by atoms with Crippen LogP contribution in [0.5, 0.6) is 0 Å². The van der Waals surface area contributed by atoms with Crippen molar-refractivity contribution >= 4 is 0 Å². The van der Waals surface area contributed by atoms with Crippen molar-refractivity contribution in [2.45, 2.75) is 21.0 Å². The van der Waals surface area contributed by atoms with E-state index in [1.54, 1.807) is 6.20 Å². The Bertz CT molecular complexity index is 198. The van der Waals surface area contributed by atoms with Crippen LogP contribution in [0.1, 0.15) is 18.7 Å². The fourth-order valence-electron chi connectivity index (χ4n) is 0.685. The third-order valence-electron chi connectivity index (χ3n) is 1.13. The largest absolute Gasteiger partial charge is 0.390 e. The Balaban J connectivity index is 0.000000810. The number of aliphatic hydroxyl groups excluding tert-OH is 1. The van der Waals surface area contributed by atoms with Crippen molar-refractivity contribution in [1.29, 1.82) is 0 Å². The minimum atomic E-state index is 0. The lowest BCUT2D eigenvalue weighted by Gasteiger charge is -1.93. The van der Waals surface area contributed by atoms with Crippen molar-refractivity contribution in [2.24, 2.45) is 0 Å². The molecule has 0 atom stereocenters. The Kier molecular flexibility index (Phi) is 3.65. The Morgan fingerprint density at radius 2 is 2.30 bits per heavy atom. The lowest BCUT2D eigenvalue weighted by atomic mass is 10.2. The number of rotatable bonds is 1. The summed E-state index contributed by atoms with van der Waals surface area (Å²) in [6.45, 7) is 2.00. The molecule has 2 heteroatoms. The molecule has 1 aromatic rings. The van der Waals surface area contributed by atoms with Crippen LogP contribution < -0.4 is 0 Å². The van der Waals surface area contributed by atoms with E-state index in [0.29, 0.717) is 0 Å². The van der Waals surface area contributed by atoms with Crippen LogP contribution in [0.4, 0.5) is 0 Å². The normalized spacial score (nSPS) is 8.60. The first kappa shape index (κ1) is 9.11.